The number of hydrogen-bond acceptors (Lipinski definition) is 5. The zero-order valence-corrected chi connectivity index (χ0v) is 17.3. The number of hydrogen-bond donors (Lipinski definition) is 1. The molecule has 7 heteroatoms. The molecule has 1 N–H and O–H groups in total. The first-order chi connectivity index (χ1) is 14.5. The third-order valence-corrected chi connectivity index (χ3v) is 5.05. The summed E-state index contributed by atoms with van der Waals surface area (Å²) in [5.74, 6) is 1.51. The average molecular weight is 412 g/mol. The molecule has 0 unspecified atom stereocenters. The van der Waals surface area contributed by atoms with Gasteiger partial charge < -0.3 is 24.4 Å². The van der Waals surface area contributed by atoms with Gasteiger partial charge in [-0.05, 0) is 30.7 Å². The van der Waals surface area contributed by atoms with E-state index in [0.717, 1.165) is 11.3 Å². The van der Waals surface area contributed by atoms with E-state index in [2.05, 4.69) is 0 Å². The fourth-order valence-corrected chi connectivity index (χ4v) is 3.32. The number of nitrogens with zero attached hydrogens (tertiary/aromatic N) is 2. The Hall–Kier alpha value is -3.22. The molecule has 1 fully saturated rings. The quantitative estimate of drug-likeness (QED) is 0.721. The second-order valence-corrected chi connectivity index (χ2v) is 7.22. The van der Waals surface area contributed by atoms with Gasteiger partial charge in [0, 0.05) is 32.2 Å². The number of amides is 2. The summed E-state index contributed by atoms with van der Waals surface area (Å²) in [6.45, 7) is 4.67. The first-order valence-electron chi connectivity index (χ1n) is 10.2. The average Bonchev–Trinajstić information content (AvgIpc) is 2.75. The van der Waals surface area contributed by atoms with E-state index in [-0.39, 0.29) is 30.6 Å². The molecule has 1 aliphatic heterocycles. The number of carbonyl (C=O) groups is 2. The molecular formula is C23H28N2O5. The number of phenolic OH excluding ortho intramolecular Hbond substituents is 1. The van der Waals surface area contributed by atoms with Gasteiger partial charge in [0.25, 0.3) is 0 Å². The van der Waals surface area contributed by atoms with Gasteiger partial charge in [0.1, 0.15) is 17.2 Å². The van der Waals surface area contributed by atoms with Gasteiger partial charge in [-0.3, -0.25) is 9.59 Å². The van der Waals surface area contributed by atoms with Crippen LogP contribution in [0.2, 0.25) is 0 Å². The lowest BCUT2D eigenvalue weighted by Gasteiger charge is -2.35. The highest BCUT2D eigenvalue weighted by atomic mass is 16.5. The highest BCUT2D eigenvalue weighted by Gasteiger charge is 2.23. The lowest BCUT2D eigenvalue weighted by molar-refractivity contribution is -0.140. The minimum atomic E-state index is 0.00476. The van der Waals surface area contributed by atoms with Gasteiger partial charge in [0.2, 0.25) is 11.8 Å². The first kappa shape index (κ1) is 21.5. The number of aryl methyl sites for hydroxylation is 1. The Labute approximate surface area is 176 Å². The molecule has 0 bridgehead atoms. The van der Waals surface area contributed by atoms with Crippen LogP contribution in [-0.4, -0.2) is 66.1 Å². The van der Waals surface area contributed by atoms with E-state index < -0.39 is 0 Å². The van der Waals surface area contributed by atoms with Crippen molar-refractivity contribution in [1.29, 1.82) is 0 Å². The summed E-state index contributed by atoms with van der Waals surface area (Å²) in [5.41, 5.74) is 1.05. The summed E-state index contributed by atoms with van der Waals surface area (Å²) in [7, 11) is 0. The van der Waals surface area contributed by atoms with Crippen molar-refractivity contribution in [1.82, 2.24) is 9.80 Å². The molecule has 0 spiro atoms. The van der Waals surface area contributed by atoms with Crippen molar-refractivity contribution in [3.63, 3.8) is 0 Å². The van der Waals surface area contributed by atoms with Crippen LogP contribution in [0, 0.1) is 6.92 Å². The number of benzene rings is 2. The van der Waals surface area contributed by atoms with E-state index in [1.807, 2.05) is 31.2 Å². The number of phenols is 1. The highest BCUT2D eigenvalue weighted by Crippen LogP contribution is 2.18. The summed E-state index contributed by atoms with van der Waals surface area (Å²) in [4.78, 5) is 28.3. The van der Waals surface area contributed by atoms with Crippen molar-refractivity contribution >= 4 is 11.8 Å². The molecule has 0 radical (unpaired) electrons. The molecule has 7 nitrogen and oxygen atoms in total. The number of ether oxygens (including phenoxy) is 2. The standard InChI is InChI=1S/C23H28N2O5/c1-18-5-2-3-8-21(18)30-16-10-23(28)25-13-11-24(12-14-25)22(27)9-15-29-20-7-4-6-19(26)17-20/h2-8,17,26H,9-16H2,1H3. The van der Waals surface area contributed by atoms with Crippen LogP contribution in [0.5, 0.6) is 17.2 Å². The van der Waals surface area contributed by atoms with Crippen LogP contribution in [-0.2, 0) is 9.59 Å². The number of rotatable bonds is 8. The maximum atomic E-state index is 12.4. The molecule has 3 rings (SSSR count). The van der Waals surface area contributed by atoms with Crippen molar-refractivity contribution in [2.75, 3.05) is 39.4 Å². The predicted octanol–water partition coefficient (Wildman–Crippen LogP) is 2.61. The number of aromatic hydroxyl groups is 1. The highest BCUT2D eigenvalue weighted by molar-refractivity contribution is 5.78. The maximum Gasteiger partial charge on any atom is 0.226 e. The summed E-state index contributed by atoms with van der Waals surface area (Å²) >= 11 is 0. The van der Waals surface area contributed by atoms with E-state index in [1.54, 1.807) is 28.0 Å². The molecule has 2 amide bonds. The zero-order valence-electron chi connectivity index (χ0n) is 17.3. The lowest BCUT2D eigenvalue weighted by Crippen LogP contribution is -2.51. The fourth-order valence-electron chi connectivity index (χ4n) is 3.32. The van der Waals surface area contributed by atoms with Crippen molar-refractivity contribution in [2.45, 2.75) is 19.8 Å². The molecule has 1 heterocycles. The second-order valence-electron chi connectivity index (χ2n) is 7.22. The Balaban J connectivity index is 1.34. The molecule has 30 heavy (non-hydrogen) atoms. The van der Waals surface area contributed by atoms with Crippen LogP contribution in [0.1, 0.15) is 18.4 Å². The summed E-state index contributed by atoms with van der Waals surface area (Å²) in [5, 5.41) is 9.42. The molecule has 2 aromatic carbocycles. The van der Waals surface area contributed by atoms with Crippen LogP contribution >= 0.6 is 0 Å². The number of piperazine rings is 1. The van der Waals surface area contributed by atoms with Crippen LogP contribution in [0.4, 0.5) is 0 Å². The van der Waals surface area contributed by atoms with Crippen LogP contribution in [0.3, 0.4) is 0 Å². The molecule has 1 aliphatic rings. The van der Waals surface area contributed by atoms with E-state index in [1.165, 1.54) is 6.07 Å². The molecule has 0 saturated carbocycles. The van der Waals surface area contributed by atoms with E-state index in [4.69, 9.17) is 9.47 Å². The normalized spacial score (nSPS) is 13.8. The minimum absolute atomic E-state index is 0.00476. The Morgan fingerprint density at radius 3 is 2.07 bits per heavy atom. The lowest BCUT2D eigenvalue weighted by atomic mass is 10.2. The van der Waals surface area contributed by atoms with Crippen molar-refractivity contribution in [3.05, 3.63) is 54.1 Å². The monoisotopic (exact) mass is 412 g/mol. The Kier molecular flexibility index (Phi) is 7.54. The van der Waals surface area contributed by atoms with E-state index in [9.17, 15) is 14.7 Å². The SMILES string of the molecule is Cc1ccccc1OCCC(=O)N1CCN(C(=O)CCOc2cccc(O)c2)CC1. The molecule has 1 saturated heterocycles. The third kappa shape index (κ3) is 6.14. The predicted molar refractivity (Wildman–Crippen MR) is 113 cm³/mol. The van der Waals surface area contributed by atoms with Gasteiger partial charge in [0.05, 0.1) is 26.1 Å². The summed E-state index contributed by atoms with van der Waals surface area (Å²) in [6.07, 6.45) is 0.577. The molecule has 0 aromatic heterocycles. The van der Waals surface area contributed by atoms with Crippen LogP contribution in [0.15, 0.2) is 48.5 Å². The Morgan fingerprint density at radius 1 is 0.867 bits per heavy atom. The number of para-hydroxylation sites is 1. The smallest absolute Gasteiger partial charge is 0.226 e. The van der Waals surface area contributed by atoms with Crippen molar-refractivity contribution < 1.29 is 24.2 Å². The van der Waals surface area contributed by atoms with Gasteiger partial charge in [-0.15, -0.1) is 0 Å². The van der Waals surface area contributed by atoms with Gasteiger partial charge in [-0.1, -0.05) is 24.3 Å². The van der Waals surface area contributed by atoms with Crippen molar-refractivity contribution in [2.24, 2.45) is 0 Å². The summed E-state index contributed by atoms with van der Waals surface area (Å²) < 4.78 is 11.2. The van der Waals surface area contributed by atoms with Crippen molar-refractivity contribution in [3.8, 4) is 17.2 Å². The molecule has 0 atom stereocenters. The molecule has 2 aromatic rings. The van der Waals surface area contributed by atoms with Gasteiger partial charge in [-0.2, -0.15) is 0 Å². The number of carbonyl (C=O) groups excluding carboxylic acids is 2. The first-order valence-corrected chi connectivity index (χ1v) is 10.2. The van der Waals surface area contributed by atoms with Gasteiger partial charge in [-0.25, -0.2) is 0 Å². The molecule has 0 aliphatic carbocycles. The Morgan fingerprint density at radius 2 is 1.47 bits per heavy atom. The fraction of sp³-hybridized carbons (Fsp3) is 0.391. The maximum absolute atomic E-state index is 12.4. The topological polar surface area (TPSA) is 79.3 Å². The van der Waals surface area contributed by atoms with Crippen LogP contribution in [0.25, 0.3) is 0 Å². The summed E-state index contributed by atoms with van der Waals surface area (Å²) in [6, 6.07) is 14.2. The zero-order chi connectivity index (χ0) is 21.3. The third-order valence-electron chi connectivity index (χ3n) is 5.05. The molecule has 160 valence electrons. The second kappa shape index (κ2) is 10.5. The Bertz CT molecular complexity index is 862. The largest absolute Gasteiger partial charge is 0.508 e. The van der Waals surface area contributed by atoms with Gasteiger partial charge in [0.15, 0.2) is 0 Å². The van der Waals surface area contributed by atoms with Crippen LogP contribution < -0.4 is 9.47 Å². The van der Waals surface area contributed by atoms with E-state index in [0.29, 0.717) is 45.0 Å². The van der Waals surface area contributed by atoms with Gasteiger partial charge >= 0.3 is 0 Å². The minimum Gasteiger partial charge on any atom is -0.508 e. The van der Waals surface area contributed by atoms with E-state index >= 15 is 0 Å². The molecular weight excluding hydrogens is 384 g/mol.